The van der Waals surface area contributed by atoms with Crippen molar-refractivity contribution in [3.8, 4) is 0 Å². The SMILES string of the molecule is CC1(C)CC(S(N)(=O)=O)=NO1. The molecule has 0 aromatic rings. The molecule has 1 aliphatic rings. The molecule has 0 spiro atoms. The number of sulfonamides is 1. The molecule has 0 unspecified atom stereocenters. The minimum atomic E-state index is -3.65. The summed E-state index contributed by atoms with van der Waals surface area (Å²) in [6, 6.07) is 0. The summed E-state index contributed by atoms with van der Waals surface area (Å²) in [5.74, 6) is 0. The van der Waals surface area contributed by atoms with Crippen molar-refractivity contribution in [3.63, 3.8) is 0 Å². The van der Waals surface area contributed by atoms with Gasteiger partial charge in [-0.2, -0.15) is 0 Å². The molecule has 6 heteroatoms. The van der Waals surface area contributed by atoms with Crippen LogP contribution in [0.15, 0.2) is 5.16 Å². The Bertz CT molecular complexity index is 291. The van der Waals surface area contributed by atoms with Gasteiger partial charge < -0.3 is 4.84 Å². The molecule has 1 rings (SSSR count). The number of hydrogen-bond donors (Lipinski definition) is 1. The zero-order valence-corrected chi connectivity index (χ0v) is 7.18. The average Bonchev–Trinajstić information content (AvgIpc) is 2.07. The lowest BCUT2D eigenvalue weighted by atomic mass is 10.1. The van der Waals surface area contributed by atoms with Crippen LogP contribution in [0.2, 0.25) is 0 Å². The third-order valence-corrected chi connectivity index (χ3v) is 2.18. The van der Waals surface area contributed by atoms with Crippen LogP contribution in [0.4, 0.5) is 0 Å². The second-order valence-corrected chi connectivity index (χ2v) is 4.62. The van der Waals surface area contributed by atoms with E-state index in [0.717, 1.165) is 0 Å². The van der Waals surface area contributed by atoms with Crippen LogP contribution in [0, 0.1) is 0 Å². The summed E-state index contributed by atoms with van der Waals surface area (Å²) in [7, 11) is -3.65. The predicted octanol–water partition coefficient (Wildman–Crippen LogP) is -0.213. The third kappa shape index (κ3) is 1.90. The largest absolute Gasteiger partial charge is 0.389 e. The lowest BCUT2D eigenvalue weighted by Gasteiger charge is -2.12. The molecule has 0 aromatic heterocycles. The second kappa shape index (κ2) is 2.18. The van der Waals surface area contributed by atoms with Crippen molar-refractivity contribution < 1.29 is 13.3 Å². The Kier molecular flexibility index (Phi) is 1.68. The van der Waals surface area contributed by atoms with Crippen LogP contribution in [0.25, 0.3) is 0 Å². The van der Waals surface area contributed by atoms with Gasteiger partial charge in [-0.3, -0.25) is 0 Å². The molecule has 64 valence electrons. The van der Waals surface area contributed by atoms with E-state index in [0.29, 0.717) is 0 Å². The van der Waals surface area contributed by atoms with Gasteiger partial charge >= 0.3 is 0 Å². The van der Waals surface area contributed by atoms with Crippen LogP contribution in [-0.2, 0) is 14.9 Å². The molecule has 0 atom stereocenters. The van der Waals surface area contributed by atoms with E-state index in [2.05, 4.69) is 5.16 Å². The highest BCUT2D eigenvalue weighted by Gasteiger charge is 2.34. The van der Waals surface area contributed by atoms with E-state index in [1.807, 2.05) is 0 Å². The fourth-order valence-electron chi connectivity index (χ4n) is 0.756. The number of hydrogen-bond acceptors (Lipinski definition) is 4. The van der Waals surface area contributed by atoms with Gasteiger partial charge in [-0.25, -0.2) is 13.6 Å². The first-order chi connectivity index (χ1) is 4.81. The van der Waals surface area contributed by atoms with Crippen LogP contribution in [0.1, 0.15) is 20.3 Å². The third-order valence-electron chi connectivity index (χ3n) is 1.30. The molecular formula is C5H10N2O3S. The second-order valence-electron chi connectivity index (χ2n) is 3.06. The number of nitrogens with zero attached hydrogens (tertiary/aromatic N) is 1. The van der Waals surface area contributed by atoms with Gasteiger partial charge in [0.15, 0.2) is 5.04 Å². The summed E-state index contributed by atoms with van der Waals surface area (Å²) < 4.78 is 21.4. The first kappa shape index (κ1) is 8.48. The highest BCUT2D eigenvalue weighted by Crippen LogP contribution is 2.23. The molecule has 1 aliphatic heterocycles. The van der Waals surface area contributed by atoms with Gasteiger partial charge in [0.2, 0.25) is 0 Å². The number of nitrogens with two attached hydrogens (primary N) is 1. The van der Waals surface area contributed by atoms with Gasteiger partial charge in [0, 0.05) is 6.42 Å². The summed E-state index contributed by atoms with van der Waals surface area (Å²) in [6.07, 6.45) is 0.242. The van der Waals surface area contributed by atoms with Crippen molar-refractivity contribution in [2.45, 2.75) is 25.9 Å². The molecule has 0 fully saturated rings. The molecule has 0 amide bonds. The zero-order chi connectivity index (χ0) is 8.70. The number of rotatable bonds is 0. The van der Waals surface area contributed by atoms with Gasteiger partial charge in [-0.15, -0.1) is 0 Å². The lowest BCUT2D eigenvalue weighted by molar-refractivity contribution is 0.0123. The minimum absolute atomic E-state index is 0.0810. The fraction of sp³-hybridized carbons (Fsp3) is 0.800. The summed E-state index contributed by atoms with van der Waals surface area (Å²) >= 11 is 0. The van der Waals surface area contributed by atoms with E-state index in [4.69, 9.17) is 9.98 Å². The maximum atomic E-state index is 10.7. The maximum absolute atomic E-state index is 10.7. The molecule has 0 saturated heterocycles. The zero-order valence-electron chi connectivity index (χ0n) is 6.36. The van der Waals surface area contributed by atoms with E-state index in [9.17, 15) is 8.42 Å². The lowest BCUT2D eigenvalue weighted by Crippen LogP contribution is -2.26. The molecule has 0 bridgehead atoms. The van der Waals surface area contributed by atoms with Gasteiger partial charge in [0.25, 0.3) is 10.0 Å². The van der Waals surface area contributed by atoms with E-state index in [1.54, 1.807) is 13.8 Å². The highest BCUT2D eigenvalue weighted by atomic mass is 32.2. The molecule has 0 saturated carbocycles. The first-order valence-corrected chi connectivity index (χ1v) is 4.64. The van der Waals surface area contributed by atoms with Crippen molar-refractivity contribution in [1.29, 1.82) is 0 Å². The van der Waals surface area contributed by atoms with Crippen molar-refractivity contribution in [3.05, 3.63) is 0 Å². The van der Waals surface area contributed by atoms with Crippen molar-refractivity contribution in [1.82, 2.24) is 0 Å². The van der Waals surface area contributed by atoms with Crippen molar-refractivity contribution in [2.24, 2.45) is 10.3 Å². The Morgan fingerprint density at radius 2 is 2.18 bits per heavy atom. The Morgan fingerprint density at radius 1 is 1.64 bits per heavy atom. The number of oxime groups is 1. The molecule has 0 aromatic carbocycles. The Labute approximate surface area is 65.3 Å². The molecule has 1 heterocycles. The summed E-state index contributed by atoms with van der Waals surface area (Å²) in [6.45, 7) is 3.49. The van der Waals surface area contributed by atoms with Crippen LogP contribution in [-0.4, -0.2) is 19.1 Å². The van der Waals surface area contributed by atoms with Gasteiger partial charge in [0.05, 0.1) is 0 Å². The molecule has 11 heavy (non-hydrogen) atoms. The van der Waals surface area contributed by atoms with Crippen LogP contribution >= 0.6 is 0 Å². The smallest absolute Gasteiger partial charge is 0.255 e. The first-order valence-electron chi connectivity index (χ1n) is 3.09. The maximum Gasteiger partial charge on any atom is 0.255 e. The average molecular weight is 178 g/mol. The molecule has 5 nitrogen and oxygen atoms in total. The normalized spacial score (nSPS) is 22.6. The minimum Gasteiger partial charge on any atom is -0.389 e. The summed E-state index contributed by atoms with van der Waals surface area (Å²) in [5.41, 5.74) is -0.540. The Balaban J connectivity index is 2.84. The van der Waals surface area contributed by atoms with Crippen molar-refractivity contribution in [2.75, 3.05) is 0 Å². The summed E-state index contributed by atoms with van der Waals surface area (Å²) in [4.78, 5) is 4.81. The molecule has 2 N–H and O–H groups in total. The van der Waals surface area contributed by atoms with Gasteiger partial charge in [0.1, 0.15) is 5.60 Å². The Hall–Kier alpha value is -0.620. The van der Waals surface area contributed by atoms with E-state index in [-0.39, 0.29) is 11.5 Å². The van der Waals surface area contributed by atoms with E-state index < -0.39 is 15.6 Å². The predicted molar refractivity (Wildman–Crippen MR) is 40.3 cm³/mol. The Morgan fingerprint density at radius 3 is 2.36 bits per heavy atom. The molecular weight excluding hydrogens is 168 g/mol. The standard InChI is InChI=1S/C5H10N2O3S/c1-5(2)3-4(7-10-5)11(6,8)9/h3H2,1-2H3,(H2,6,8,9). The van der Waals surface area contributed by atoms with Crippen LogP contribution in [0.3, 0.4) is 0 Å². The molecule has 0 radical (unpaired) electrons. The van der Waals surface area contributed by atoms with Crippen molar-refractivity contribution >= 4 is 15.1 Å². The van der Waals surface area contributed by atoms with Gasteiger partial charge in [-0.1, -0.05) is 5.16 Å². The highest BCUT2D eigenvalue weighted by molar-refractivity contribution is 8.04. The molecule has 0 aliphatic carbocycles. The van der Waals surface area contributed by atoms with Gasteiger partial charge in [-0.05, 0) is 13.8 Å². The quantitative estimate of drug-likeness (QED) is 0.557. The van der Waals surface area contributed by atoms with Crippen LogP contribution in [0.5, 0.6) is 0 Å². The topological polar surface area (TPSA) is 81.8 Å². The summed E-state index contributed by atoms with van der Waals surface area (Å²) in [5, 5.41) is 8.11. The van der Waals surface area contributed by atoms with Crippen LogP contribution < -0.4 is 5.14 Å². The monoisotopic (exact) mass is 178 g/mol. The number of primary sulfonamides is 1. The fourth-order valence-corrected chi connectivity index (χ4v) is 1.45. The van der Waals surface area contributed by atoms with E-state index >= 15 is 0 Å². The van der Waals surface area contributed by atoms with E-state index in [1.165, 1.54) is 0 Å².